The predicted octanol–water partition coefficient (Wildman–Crippen LogP) is 4.39. The molecule has 1 aromatic rings. The fourth-order valence-corrected chi connectivity index (χ4v) is 7.90. The molecule has 2 fully saturated rings. The molecule has 1 aromatic carbocycles. The van der Waals surface area contributed by atoms with E-state index in [9.17, 15) is 0 Å². The van der Waals surface area contributed by atoms with Crippen molar-refractivity contribution >= 4 is 13.2 Å². The number of fused-ring (bicyclic) bond motifs is 2. The van der Waals surface area contributed by atoms with E-state index in [4.69, 9.17) is 0 Å². The van der Waals surface area contributed by atoms with Crippen molar-refractivity contribution in [2.45, 2.75) is 50.8 Å². The van der Waals surface area contributed by atoms with Gasteiger partial charge in [-0.05, 0) is 54.1 Å². The van der Waals surface area contributed by atoms with Crippen molar-refractivity contribution in [3.05, 3.63) is 30.3 Å². The predicted molar refractivity (Wildman–Crippen MR) is 77.4 cm³/mol. The lowest BCUT2D eigenvalue weighted by atomic mass is 9.85. The van der Waals surface area contributed by atoms with Gasteiger partial charge in [0.15, 0.2) is 0 Å². The molecule has 0 amide bonds. The second-order valence-corrected chi connectivity index (χ2v) is 8.64. The number of hydrogen-bond acceptors (Lipinski definition) is 0. The van der Waals surface area contributed by atoms with Crippen molar-refractivity contribution < 1.29 is 0 Å². The SMILES string of the molecule is C[C@@H]1CC[C@H]2[C@@H](C)CC[C@@H]1P2c1ccccc1. The second-order valence-electron chi connectivity index (χ2n) is 5.99. The van der Waals surface area contributed by atoms with Crippen molar-refractivity contribution in [1.29, 1.82) is 0 Å². The Morgan fingerprint density at radius 3 is 1.88 bits per heavy atom. The molecule has 0 nitrogen and oxygen atoms in total. The summed E-state index contributed by atoms with van der Waals surface area (Å²) in [5.41, 5.74) is 2.03. The van der Waals surface area contributed by atoms with E-state index in [1.807, 2.05) is 0 Å². The summed E-state index contributed by atoms with van der Waals surface area (Å²) in [6.45, 7) is 4.99. The van der Waals surface area contributed by atoms with E-state index in [0.717, 1.165) is 23.2 Å². The highest BCUT2D eigenvalue weighted by Crippen LogP contribution is 2.61. The summed E-state index contributed by atoms with van der Waals surface area (Å²) < 4.78 is 0. The lowest BCUT2D eigenvalue weighted by Crippen LogP contribution is -2.39. The van der Waals surface area contributed by atoms with Gasteiger partial charge in [0.1, 0.15) is 0 Å². The van der Waals surface area contributed by atoms with Crippen molar-refractivity contribution in [3.63, 3.8) is 0 Å². The van der Waals surface area contributed by atoms with Crippen molar-refractivity contribution in [2.24, 2.45) is 11.8 Å². The number of benzene rings is 1. The first-order chi connectivity index (χ1) is 8.27. The third-order valence-electron chi connectivity index (χ3n) is 4.92. The molecular formula is C16H23P. The van der Waals surface area contributed by atoms with Crippen LogP contribution < -0.4 is 5.30 Å². The maximum Gasteiger partial charge on any atom is -0.0141 e. The highest BCUT2D eigenvalue weighted by molar-refractivity contribution is 7.67. The van der Waals surface area contributed by atoms with Crippen LogP contribution in [0, 0.1) is 11.8 Å². The minimum Gasteiger partial charge on any atom is -0.0684 e. The van der Waals surface area contributed by atoms with Crippen LogP contribution >= 0.6 is 7.92 Å². The van der Waals surface area contributed by atoms with Gasteiger partial charge in [0.2, 0.25) is 0 Å². The molecule has 3 rings (SSSR count). The Bertz CT molecular complexity index is 354. The molecule has 0 aromatic heterocycles. The lowest BCUT2D eigenvalue weighted by Gasteiger charge is -2.49. The normalized spacial score (nSPS) is 41.2. The van der Waals surface area contributed by atoms with Gasteiger partial charge < -0.3 is 0 Å². The smallest absolute Gasteiger partial charge is 0.0141 e. The third kappa shape index (κ3) is 2.06. The molecular weight excluding hydrogens is 223 g/mol. The van der Waals surface area contributed by atoms with E-state index in [2.05, 4.69) is 44.2 Å². The van der Waals surface area contributed by atoms with Crippen molar-refractivity contribution in [3.8, 4) is 0 Å². The second kappa shape index (κ2) is 4.73. The van der Waals surface area contributed by atoms with Gasteiger partial charge >= 0.3 is 0 Å². The van der Waals surface area contributed by atoms with Crippen LogP contribution in [-0.4, -0.2) is 11.3 Å². The maximum atomic E-state index is 2.50. The average Bonchev–Trinajstić information content (AvgIpc) is 2.37. The van der Waals surface area contributed by atoms with E-state index < -0.39 is 0 Å². The number of hydrogen-bond donors (Lipinski definition) is 0. The molecule has 5 atom stereocenters. The van der Waals surface area contributed by atoms with Crippen LogP contribution in [0.4, 0.5) is 0 Å². The monoisotopic (exact) mass is 246 g/mol. The van der Waals surface area contributed by atoms with Crippen molar-refractivity contribution in [2.75, 3.05) is 0 Å². The van der Waals surface area contributed by atoms with Gasteiger partial charge in [-0.3, -0.25) is 0 Å². The molecule has 2 aliphatic rings. The summed E-state index contributed by atoms with van der Waals surface area (Å²) in [7, 11) is 0.117. The Kier molecular flexibility index (Phi) is 3.26. The molecule has 17 heavy (non-hydrogen) atoms. The minimum absolute atomic E-state index is 0.117. The van der Waals surface area contributed by atoms with E-state index in [-0.39, 0.29) is 7.92 Å². The zero-order valence-corrected chi connectivity index (χ0v) is 11.9. The molecule has 0 radical (unpaired) electrons. The van der Waals surface area contributed by atoms with Gasteiger partial charge in [-0.25, -0.2) is 0 Å². The molecule has 1 unspecified atom stereocenters. The van der Waals surface area contributed by atoms with Crippen molar-refractivity contribution in [1.82, 2.24) is 0 Å². The van der Waals surface area contributed by atoms with Crippen LogP contribution in [0.5, 0.6) is 0 Å². The van der Waals surface area contributed by atoms with Gasteiger partial charge in [-0.15, -0.1) is 0 Å². The largest absolute Gasteiger partial charge is 0.0684 e. The van der Waals surface area contributed by atoms with Crippen LogP contribution in [0.25, 0.3) is 0 Å². The Hall–Kier alpha value is -0.350. The molecule has 0 aliphatic carbocycles. The van der Waals surface area contributed by atoms with Gasteiger partial charge in [0.25, 0.3) is 0 Å². The van der Waals surface area contributed by atoms with Crippen LogP contribution in [0.1, 0.15) is 39.5 Å². The number of rotatable bonds is 1. The Morgan fingerprint density at radius 1 is 0.824 bits per heavy atom. The maximum absolute atomic E-state index is 2.50. The highest BCUT2D eigenvalue weighted by Gasteiger charge is 2.43. The molecule has 0 saturated carbocycles. The third-order valence-corrected chi connectivity index (χ3v) is 8.78. The lowest BCUT2D eigenvalue weighted by molar-refractivity contribution is 0.327. The molecule has 0 spiro atoms. The summed E-state index contributed by atoms with van der Waals surface area (Å²) >= 11 is 0. The average molecular weight is 246 g/mol. The summed E-state index contributed by atoms with van der Waals surface area (Å²) in [5.74, 6) is 1.93. The molecule has 2 heterocycles. The van der Waals surface area contributed by atoms with Crippen LogP contribution in [0.3, 0.4) is 0 Å². The molecule has 2 bridgehead atoms. The van der Waals surface area contributed by atoms with Crippen LogP contribution in [0.2, 0.25) is 0 Å². The van der Waals surface area contributed by atoms with E-state index in [0.29, 0.717) is 0 Å². The fourth-order valence-electron chi connectivity index (χ4n) is 3.88. The van der Waals surface area contributed by atoms with E-state index >= 15 is 0 Å². The summed E-state index contributed by atoms with van der Waals surface area (Å²) in [6.07, 6.45) is 5.93. The Morgan fingerprint density at radius 2 is 1.35 bits per heavy atom. The summed E-state index contributed by atoms with van der Waals surface area (Å²) in [6, 6.07) is 11.4. The van der Waals surface area contributed by atoms with E-state index in [1.54, 1.807) is 5.30 Å². The minimum atomic E-state index is 0.117. The zero-order valence-electron chi connectivity index (χ0n) is 11.0. The Balaban J connectivity index is 1.95. The molecule has 92 valence electrons. The first-order valence-corrected chi connectivity index (χ1v) is 8.59. The first-order valence-electron chi connectivity index (χ1n) is 7.11. The summed E-state index contributed by atoms with van der Waals surface area (Å²) in [5, 5.41) is 1.68. The highest BCUT2D eigenvalue weighted by atomic mass is 31.1. The quantitative estimate of drug-likeness (QED) is 0.645. The van der Waals surface area contributed by atoms with E-state index in [1.165, 1.54) is 25.7 Å². The molecule has 2 saturated heterocycles. The Labute approximate surface area is 107 Å². The molecule has 2 aliphatic heterocycles. The first kappa shape index (κ1) is 11.7. The van der Waals surface area contributed by atoms with Crippen LogP contribution in [0.15, 0.2) is 30.3 Å². The molecule has 1 heteroatoms. The van der Waals surface area contributed by atoms with Gasteiger partial charge in [-0.1, -0.05) is 52.1 Å². The fraction of sp³-hybridized carbons (Fsp3) is 0.625. The molecule has 0 N–H and O–H groups in total. The standard InChI is InChI=1S/C16H23P/c1-12-8-10-16-13(2)9-11-15(12)17(16)14-6-4-3-5-7-14/h3-7,12-13,15-16H,8-11H2,1-2H3/t12-,13+,15-,16-,17?/m0/s1. The van der Waals surface area contributed by atoms with Gasteiger partial charge in [0, 0.05) is 0 Å². The van der Waals surface area contributed by atoms with Gasteiger partial charge in [-0.2, -0.15) is 0 Å². The van der Waals surface area contributed by atoms with Crippen LogP contribution in [-0.2, 0) is 0 Å². The summed E-state index contributed by atoms with van der Waals surface area (Å²) in [4.78, 5) is 0. The topological polar surface area (TPSA) is 0 Å². The zero-order chi connectivity index (χ0) is 11.8. The van der Waals surface area contributed by atoms with Gasteiger partial charge in [0.05, 0.1) is 0 Å².